The highest BCUT2D eigenvalue weighted by atomic mass is 14.7. The van der Waals surface area contributed by atoms with Crippen molar-refractivity contribution in [1.29, 1.82) is 0 Å². The van der Waals surface area contributed by atoms with E-state index in [4.69, 9.17) is 4.99 Å². The first-order chi connectivity index (χ1) is 10.7. The van der Waals surface area contributed by atoms with Gasteiger partial charge in [0.15, 0.2) is 0 Å². The predicted octanol–water partition coefficient (Wildman–Crippen LogP) is 6.27. The van der Waals surface area contributed by atoms with Gasteiger partial charge in [-0.1, -0.05) is 49.4 Å². The maximum Gasteiger partial charge on any atom is 0.0632 e. The molecule has 2 rings (SSSR count). The molecule has 1 aliphatic carbocycles. The Balaban J connectivity index is 2.13. The van der Waals surface area contributed by atoms with Crippen molar-refractivity contribution in [3.05, 3.63) is 67.3 Å². The number of hydrogen-bond donors (Lipinski definition) is 0. The van der Waals surface area contributed by atoms with Gasteiger partial charge in [0.05, 0.1) is 5.69 Å². The fourth-order valence-corrected chi connectivity index (χ4v) is 2.99. The summed E-state index contributed by atoms with van der Waals surface area (Å²) in [7, 11) is 0. The van der Waals surface area contributed by atoms with Gasteiger partial charge in [-0.2, -0.15) is 0 Å². The summed E-state index contributed by atoms with van der Waals surface area (Å²) >= 11 is 0. The smallest absolute Gasteiger partial charge is 0.0632 e. The van der Waals surface area contributed by atoms with Crippen LogP contribution in [0.4, 0.5) is 5.69 Å². The van der Waals surface area contributed by atoms with Gasteiger partial charge in [-0.3, -0.25) is 4.99 Å². The van der Waals surface area contributed by atoms with Gasteiger partial charge < -0.3 is 0 Å². The van der Waals surface area contributed by atoms with Crippen molar-refractivity contribution in [1.82, 2.24) is 0 Å². The van der Waals surface area contributed by atoms with E-state index in [1.165, 1.54) is 24.1 Å². The van der Waals surface area contributed by atoms with E-state index in [0.717, 1.165) is 24.9 Å². The lowest BCUT2D eigenvalue weighted by Gasteiger charge is -2.25. The molecule has 0 aromatic heterocycles. The summed E-state index contributed by atoms with van der Waals surface area (Å²) in [5.41, 5.74) is 3.56. The molecule has 0 amide bonds. The maximum atomic E-state index is 4.77. The van der Waals surface area contributed by atoms with E-state index in [2.05, 4.69) is 50.4 Å². The number of benzene rings is 1. The molecule has 1 heteroatoms. The molecule has 1 aromatic carbocycles. The highest BCUT2D eigenvalue weighted by Gasteiger charge is 2.19. The summed E-state index contributed by atoms with van der Waals surface area (Å²) < 4.78 is 0. The van der Waals surface area contributed by atoms with Crippen LogP contribution in [0.15, 0.2) is 72.3 Å². The van der Waals surface area contributed by atoms with Gasteiger partial charge in [0.1, 0.15) is 0 Å². The number of aliphatic imine (C=N–C) groups is 1. The Labute approximate surface area is 135 Å². The monoisotopic (exact) mass is 293 g/mol. The third-order valence-electron chi connectivity index (χ3n) is 4.41. The van der Waals surface area contributed by atoms with E-state index >= 15 is 0 Å². The van der Waals surface area contributed by atoms with E-state index < -0.39 is 0 Å². The first-order valence-electron chi connectivity index (χ1n) is 8.33. The van der Waals surface area contributed by atoms with Gasteiger partial charge in [-0.05, 0) is 62.1 Å². The second-order valence-corrected chi connectivity index (χ2v) is 6.07. The fraction of sp³-hybridized carbons (Fsp3) is 0.381. The van der Waals surface area contributed by atoms with Crippen LogP contribution in [0.25, 0.3) is 0 Å². The van der Waals surface area contributed by atoms with E-state index in [9.17, 15) is 0 Å². The van der Waals surface area contributed by atoms with Crippen molar-refractivity contribution in [2.45, 2.75) is 39.0 Å². The molecular formula is C21H27N. The lowest BCUT2D eigenvalue weighted by atomic mass is 9.81. The van der Waals surface area contributed by atoms with Crippen molar-refractivity contribution in [2.24, 2.45) is 16.8 Å². The molecule has 116 valence electrons. The van der Waals surface area contributed by atoms with Crippen LogP contribution < -0.4 is 0 Å². The molecule has 0 spiro atoms. The summed E-state index contributed by atoms with van der Waals surface area (Å²) in [6.45, 7) is 10.4. The molecule has 0 heterocycles. The van der Waals surface area contributed by atoms with Crippen LogP contribution in [0.5, 0.6) is 0 Å². The maximum absolute atomic E-state index is 4.77. The van der Waals surface area contributed by atoms with Crippen molar-refractivity contribution >= 4 is 11.4 Å². The van der Waals surface area contributed by atoms with Gasteiger partial charge >= 0.3 is 0 Å². The predicted molar refractivity (Wildman–Crippen MR) is 97.8 cm³/mol. The molecule has 22 heavy (non-hydrogen) atoms. The fourth-order valence-electron chi connectivity index (χ4n) is 2.99. The van der Waals surface area contributed by atoms with Crippen LogP contribution in [-0.4, -0.2) is 5.71 Å². The Bertz CT molecular complexity index is 551. The van der Waals surface area contributed by atoms with Crippen molar-refractivity contribution in [3.63, 3.8) is 0 Å². The summed E-state index contributed by atoms with van der Waals surface area (Å²) in [4.78, 5) is 4.77. The molecular weight excluding hydrogens is 266 g/mol. The molecule has 0 N–H and O–H groups in total. The summed E-state index contributed by atoms with van der Waals surface area (Å²) in [5, 5.41) is 0. The van der Waals surface area contributed by atoms with Crippen LogP contribution in [0, 0.1) is 11.8 Å². The largest absolute Gasteiger partial charge is 0.253 e. The zero-order valence-corrected chi connectivity index (χ0v) is 13.7. The van der Waals surface area contributed by atoms with Crippen molar-refractivity contribution in [2.75, 3.05) is 0 Å². The topological polar surface area (TPSA) is 12.4 Å². The third-order valence-corrected chi connectivity index (χ3v) is 4.41. The van der Waals surface area contributed by atoms with Crippen LogP contribution >= 0.6 is 0 Å². The van der Waals surface area contributed by atoms with Gasteiger partial charge in [0, 0.05) is 5.71 Å². The molecule has 1 nitrogen and oxygen atoms in total. The Morgan fingerprint density at radius 3 is 2.77 bits per heavy atom. The SMILES string of the molecule is C=CC1/C=C/C(=Nc2ccccc2)CCCC1CC(=C)CC. The molecule has 2 atom stereocenters. The quantitative estimate of drug-likeness (QED) is 0.567. The number of rotatable bonds is 5. The third kappa shape index (κ3) is 4.84. The summed E-state index contributed by atoms with van der Waals surface area (Å²) in [6, 6.07) is 10.2. The molecule has 1 aliphatic rings. The Morgan fingerprint density at radius 1 is 1.32 bits per heavy atom. The minimum absolute atomic E-state index is 0.421. The van der Waals surface area contributed by atoms with E-state index in [0.29, 0.717) is 11.8 Å². The minimum atomic E-state index is 0.421. The number of allylic oxidation sites excluding steroid dienone is 4. The average molecular weight is 293 g/mol. The van der Waals surface area contributed by atoms with E-state index in [-0.39, 0.29) is 0 Å². The molecule has 0 saturated heterocycles. The number of para-hydroxylation sites is 1. The molecule has 0 aliphatic heterocycles. The number of hydrogen-bond acceptors (Lipinski definition) is 1. The first-order valence-corrected chi connectivity index (χ1v) is 8.33. The normalized spacial score (nSPS) is 25.2. The second kappa shape index (κ2) is 8.53. The van der Waals surface area contributed by atoms with Crippen LogP contribution in [-0.2, 0) is 0 Å². The second-order valence-electron chi connectivity index (χ2n) is 6.07. The minimum Gasteiger partial charge on any atom is -0.253 e. The molecule has 2 unspecified atom stereocenters. The van der Waals surface area contributed by atoms with Crippen LogP contribution in [0.2, 0.25) is 0 Å². The molecule has 0 bridgehead atoms. The molecule has 1 aromatic rings. The van der Waals surface area contributed by atoms with E-state index in [1.807, 2.05) is 18.2 Å². The number of nitrogens with zero attached hydrogens (tertiary/aromatic N) is 1. The first kappa shape index (κ1) is 16.5. The standard InChI is InChI=1S/C21H27N/c1-4-17(3)16-19-10-9-13-21(15-14-18(19)5-2)22-20-11-7-6-8-12-20/h5-8,11-12,14-15,18-19H,2-4,9-10,13,16H2,1H3/b15-14+,22-21?. The van der Waals surface area contributed by atoms with Gasteiger partial charge in [-0.25, -0.2) is 0 Å². The zero-order chi connectivity index (χ0) is 15.8. The lowest BCUT2D eigenvalue weighted by Crippen LogP contribution is -2.15. The molecule has 0 radical (unpaired) electrons. The highest BCUT2D eigenvalue weighted by Crippen LogP contribution is 2.30. The Kier molecular flexibility index (Phi) is 6.39. The van der Waals surface area contributed by atoms with Crippen molar-refractivity contribution < 1.29 is 0 Å². The molecule has 0 fully saturated rings. The Morgan fingerprint density at radius 2 is 2.09 bits per heavy atom. The summed E-state index contributed by atoms with van der Waals surface area (Å²) in [5.74, 6) is 1.06. The average Bonchev–Trinajstić information content (AvgIpc) is 2.53. The van der Waals surface area contributed by atoms with E-state index in [1.54, 1.807) is 0 Å². The van der Waals surface area contributed by atoms with Crippen molar-refractivity contribution in [3.8, 4) is 0 Å². The van der Waals surface area contributed by atoms with Gasteiger partial charge in [0.25, 0.3) is 0 Å². The van der Waals surface area contributed by atoms with Crippen LogP contribution in [0.3, 0.4) is 0 Å². The van der Waals surface area contributed by atoms with Crippen LogP contribution in [0.1, 0.15) is 39.0 Å². The molecule has 0 saturated carbocycles. The zero-order valence-electron chi connectivity index (χ0n) is 13.7. The van der Waals surface area contributed by atoms with Gasteiger partial charge in [0.2, 0.25) is 0 Å². The summed E-state index contributed by atoms with van der Waals surface area (Å²) in [6.07, 6.45) is 12.2. The highest BCUT2D eigenvalue weighted by molar-refractivity contribution is 5.96. The lowest BCUT2D eigenvalue weighted by molar-refractivity contribution is 0.404. The van der Waals surface area contributed by atoms with Gasteiger partial charge in [-0.15, -0.1) is 6.58 Å². The Hall–Kier alpha value is -1.89.